The van der Waals surface area contributed by atoms with Gasteiger partial charge in [-0.15, -0.1) is 0 Å². The zero-order valence-electron chi connectivity index (χ0n) is 9.22. The minimum atomic E-state index is -1.56. The standard InChI is InChI=1S/C10H12N2O6/c13-5-1-2-12(10(16)11-5)8-7-6(9(14)15)4(18-8)3-17-7/h1-2,4,6-9,14-15H,3H2,(H,11,13,16)/t4-,6+,7-,8+/m0/s1. The minimum absolute atomic E-state index is 0.265. The number of nitrogens with zero attached hydrogens (tertiary/aromatic N) is 1. The van der Waals surface area contributed by atoms with Gasteiger partial charge in [0.15, 0.2) is 12.5 Å². The monoisotopic (exact) mass is 256 g/mol. The normalized spacial score (nSPS) is 34.4. The molecule has 3 N–H and O–H groups in total. The first-order chi connectivity index (χ1) is 8.58. The minimum Gasteiger partial charge on any atom is -0.370 e. The fraction of sp³-hybridized carbons (Fsp3) is 0.600. The van der Waals surface area contributed by atoms with E-state index in [1.54, 1.807) is 0 Å². The highest BCUT2D eigenvalue weighted by molar-refractivity contribution is 4.98. The number of hydrogen-bond donors (Lipinski definition) is 3. The topological polar surface area (TPSA) is 114 Å². The van der Waals surface area contributed by atoms with Crippen LogP contribution in [0.15, 0.2) is 21.9 Å². The van der Waals surface area contributed by atoms with Crippen molar-refractivity contribution in [2.24, 2.45) is 5.92 Å². The van der Waals surface area contributed by atoms with Crippen LogP contribution < -0.4 is 11.2 Å². The van der Waals surface area contributed by atoms with Crippen molar-refractivity contribution in [2.45, 2.75) is 24.7 Å². The molecule has 1 aromatic heterocycles. The summed E-state index contributed by atoms with van der Waals surface area (Å²) in [5, 5.41) is 18.5. The van der Waals surface area contributed by atoms with Gasteiger partial charge in [0.1, 0.15) is 6.10 Å². The van der Waals surface area contributed by atoms with Gasteiger partial charge in [-0.3, -0.25) is 14.3 Å². The molecule has 2 aliphatic rings. The van der Waals surface area contributed by atoms with E-state index in [9.17, 15) is 19.8 Å². The van der Waals surface area contributed by atoms with Gasteiger partial charge in [0.2, 0.25) is 0 Å². The third-order valence-corrected chi connectivity index (χ3v) is 3.33. The molecule has 0 unspecified atom stereocenters. The zero-order valence-corrected chi connectivity index (χ0v) is 9.22. The molecule has 0 saturated carbocycles. The molecular formula is C10H12N2O6. The molecule has 8 heteroatoms. The smallest absolute Gasteiger partial charge is 0.330 e. The van der Waals surface area contributed by atoms with Gasteiger partial charge < -0.3 is 19.7 Å². The van der Waals surface area contributed by atoms with Gasteiger partial charge in [0.05, 0.1) is 18.6 Å². The summed E-state index contributed by atoms with van der Waals surface area (Å²) in [5.41, 5.74) is -1.12. The Labute approximate surface area is 100 Å². The average molecular weight is 256 g/mol. The lowest BCUT2D eigenvalue weighted by Crippen LogP contribution is -2.38. The molecule has 18 heavy (non-hydrogen) atoms. The Balaban J connectivity index is 1.96. The van der Waals surface area contributed by atoms with Crippen LogP contribution in [0.2, 0.25) is 0 Å². The summed E-state index contributed by atoms with van der Waals surface area (Å²) in [6.45, 7) is 0.265. The van der Waals surface area contributed by atoms with Crippen molar-refractivity contribution >= 4 is 0 Å². The second kappa shape index (κ2) is 4.02. The maximum Gasteiger partial charge on any atom is 0.330 e. The van der Waals surface area contributed by atoms with Crippen molar-refractivity contribution in [3.8, 4) is 0 Å². The first kappa shape index (κ1) is 11.6. The Morgan fingerprint density at radius 1 is 1.44 bits per heavy atom. The van der Waals surface area contributed by atoms with E-state index in [1.807, 2.05) is 0 Å². The van der Waals surface area contributed by atoms with Crippen LogP contribution in [0.1, 0.15) is 6.23 Å². The van der Waals surface area contributed by atoms with Crippen LogP contribution in [0, 0.1) is 5.92 Å². The molecule has 3 rings (SSSR count). The van der Waals surface area contributed by atoms with E-state index in [-0.39, 0.29) is 6.61 Å². The summed E-state index contributed by atoms with van der Waals surface area (Å²) < 4.78 is 12.1. The summed E-state index contributed by atoms with van der Waals surface area (Å²) >= 11 is 0. The number of nitrogens with one attached hydrogen (secondary N) is 1. The number of aliphatic hydroxyl groups is 2. The van der Waals surface area contributed by atoms with Gasteiger partial charge in [-0.1, -0.05) is 0 Å². The molecule has 0 aromatic carbocycles. The SMILES string of the molecule is O=c1ccn([C@@H]2O[C@H]3CO[C@H]2[C@@H]3C(O)O)c(=O)[nH]1. The Morgan fingerprint density at radius 3 is 2.83 bits per heavy atom. The van der Waals surface area contributed by atoms with E-state index < -0.39 is 41.9 Å². The highest BCUT2D eigenvalue weighted by Crippen LogP contribution is 2.42. The fourth-order valence-corrected chi connectivity index (χ4v) is 2.51. The molecule has 0 amide bonds. The van der Waals surface area contributed by atoms with E-state index in [0.29, 0.717) is 0 Å². The zero-order chi connectivity index (χ0) is 12.9. The number of aliphatic hydroxyl groups excluding tert-OH is 1. The summed E-state index contributed by atoms with van der Waals surface area (Å²) in [4.78, 5) is 24.7. The van der Waals surface area contributed by atoms with Crippen LogP contribution in [0.25, 0.3) is 0 Å². The first-order valence-corrected chi connectivity index (χ1v) is 5.52. The number of aromatic amines is 1. The number of hydrogen-bond acceptors (Lipinski definition) is 6. The van der Waals surface area contributed by atoms with Crippen LogP contribution in [0.5, 0.6) is 0 Å². The maximum absolute atomic E-state index is 11.6. The number of fused-ring (bicyclic) bond motifs is 2. The van der Waals surface area contributed by atoms with Crippen LogP contribution >= 0.6 is 0 Å². The van der Waals surface area contributed by atoms with Gasteiger partial charge in [0, 0.05) is 12.3 Å². The quantitative estimate of drug-likeness (QED) is 0.515. The van der Waals surface area contributed by atoms with E-state index in [4.69, 9.17) is 9.47 Å². The van der Waals surface area contributed by atoms with E-state index in [1.165, 1.54) is 16.8 Å². The van der Waals surface area contributed by atoms with Crippen molar-refractivity contribution < 1.29 is 19.7 Å². The first-order valence-electron chi connectivity index (χ1n) is 5.52. The summed E-state index contributed by atoms with van der Waals surface area (Å²) in [7, 11) is 0. The van der Waals surface area contributed by atoms with Crippen molar-refractivity contribution in [3.63, 3.8) is 0 Å². The molecule has 2 fully saturated rings. The van der Waals surface area contributed by atoms with Crippen LogP contribution in [-0.4, -0.2) is 44.9 Å². The lowest BCUT2D eigenvalue weighted by atomic mass is 10.0. The molecule has 2 saturated heterocycles. The molecule has 0 aliphatic carbocycles. The summed E-state index contributed by atoms with van der Waals surface area (Å²) in [6.07, 6.45) is -2.08. The fourth-order valence-electron chi connectivity index (χ4n) is 2.51. The lowest BCUT2D eigenvalue weighted by Gasteiger charge is -2.24. The molecule has 2 bridgehead atoms. The molecule has 3 heterocycles. The average Bonchev–Trinajstić information content (AvgIpc) is 2.85. The van der Waals surface area contributed by atoms with E-state index in [2.05, 4.69) is 4.98 Å². The third kappa shape index (κ3) is 1.62. The molecular weight excluding hydrogens is 244 g/mol. The molecule has 4 atom stereocenters. The van der Waals surface area contributed by atoms with Crippen LogP contribution in [0.4, 0.5) is 0 Å². The number of ether oxygens (including phenoxy) is 2. The number of H-pyrrole nitrogens is 1. The highest BCUT2D eigenvalue weighted by atomic mass is 16.6. The van der Waals surface area contributed by atoms with E-state index in [0.717, 1.165) is 0 Å². The molecule has 8 nitrogen and oxygen atoms in total. The predicted molar refractivity (Wildman–Crippen MR) is 56.7 cm³/mol. The van der Waals surface area contributed by atoms with Crippen LogP contribution in [0.3, 0.4) is 0 Å². The molecule has 1 aromatic rings. The van der Waals surface area contributed by atoms with Crippen molar-refractivity contribution in [2.75, 3.05) is 6.61 Å². The summed E-state index contributed by atoms with van der Waals surface area (Å²) in [6, 6.07) is 1.20. The highest BCUT2D eigenvalue weighted by Gasteiger charge is 2.54. The Morgan fingerprint density at radius 2 is 2.22 bits per heavy atom. The van der Waals surface area contributed by atoms with E-state index >= 15 is 0 Å². The number of aromatic nitrogens is 2. The van der Waals surface area contributed by atoms with Gasteiger partial charge >= 0.3 is 5.69 Å². The molecule has 0 radical (unpaired) electrons. The molecule has 98 valence electrons. The van der Waals surface area contributed by atoms with Gasteiger partial charge in [-0.05, 0) is 0 Å². The van der Waals surface area contributed by atoms with Gasteiger partial charge in [0.25, 0.3) is 5.56 Å². The third-order valence-electron chi connectivity index (χ3n) is 3.33. The Bertz CT molecular complexity index is 564. The molecule has 0 spiro atoms. The molecule has 2 aliphatic heterocycles. The van der Waals surface area contributed by atoms with Crippen molar-refractivity contribution in [1.29, 1.82) is 0 Å². The largest absolute Gasteiger partial charge is 0.370 e. The summed E-state index contributed by atoms with van der Waals surface area (Å²) in [5.74, 6) is -0.589. The van der Waals surface area contributed by atoms with Crippen LogP contribution in [-0.2, 0) is 9.47 Å². The predicted octanol–water partition coefficient (Wildman–Crippen LogP) is -2.24. The lowest BCUT2D eigenvalue weighted by molar-refractivity contribution is -0.128. The second-order valence-electron chi connectivity index (χ2n) is 4.37. The second-order valence-corrected chi connectivity index (χ2v) is 4.37. The van der Waals surface area contributed by atoms with Gasteiger partial charge in [-0.2, -0.15) is 0 Å². The number of rotatable bonds is 2. The van der Waals surface area contributed by atoms with Crippen molar-refractivity contribution in [1.82, 2.24) is 9.55 Å². The van der Waals surface area contributed by atoms with Crippen molar-refractivity contribution in [3.05, 3.63) is 33.1 Å². The Kier molecular flexibility index (Phi) is 2.59. The maximum atomic E-state index is 11.6. The van der Waals surface area contributed by atoms with Gasteiger partial charge in [-0.25, -0.2) is 4.79 Å². The Hall–Kier alpha value is -1.48.